The molecule has 1 aromatic carbocycles. The minimum atomic E-state index is -0.321. The topological polar surface area (TPSA) is 110 Å². The van der Waals surface area contributed by atoms with Gasteiger partial charge in [0.15, 0.2) is 5.82 Å². The highest BCUT2D eigenvalue weighted by molar-refractivity contribution is 6.02. The molecule has 11 heteroatoms. The third-order valence-corrected chi connectivity index (χ3v) is 6.77. The molecule has 0 unspecified atom stereocenters. The number of rotatable bonds is 12. The van der Waals surface area contributed by atoms with Crippen molar-refractivity contribution in [2.75, 3.05) is 63.0 Å². The van der Waals surface area contributed by atoms with Gasteiger partial charge in [0.25, 0.3) is 0 Å². The summed E-state index contributed by atoms with van der Waals surface area (Å²) in [6.07, 6.45) is 6.24. The van der Waals surface area contributed by atoms with E-state index in [2.05, 4.69) is 54.1 Å². The van der Waals surface area contributed by atoms with Crippen molar-refractivity contribution in [3.05, 3.63) is 54.5 Å². The summed E-state index contributed by atoms with van der Waals surface area (Å²) in [6, 6.07) is 5.48. The molecule has 11 nitrogen and oxygen atoms in total. The van der Waals surface area contributed by atoms with Gasteiger partial charge in [-0.2, -0.15) is 10.1 Å². The first-order valence-corrected chi connectivity index (χ1v) is 13.4. The molecule has 1 aliphatic rings. The Morgan fingerprint density at radius 3 is 2.62 bits per heavy atom. The van der Waals surface area contributed by atoms with Crippen LogP contribution in [0.15, 0.2) is 43.2 Å². The molecule has 2 aromatic heterocycles. The van der Waals surface area contributed by atoms with Crippen LogP contribution < -0.4 is 20.3 Å². The Balaban J connectivity index is 1.66. The Morgan fingerprint density at radius 1 is 1.23 bits per heavy atom. The number of hydrogen-bond acceptors (Lipinski definition) is 9. The number of likely N-dealkylation sites (tertiary alicyclic amines) is 1. The molecule has 3 aromatic rings. The number of methoxy groups -OCH3 is 2. The molecule has 2 N–H and O–H groups in total. The number of nitrogens with zero attached hydrogens (tertiary/aromatic N) is 6. The standard InChI is InChI=1S/C29H40N8O3/c1-8-26(38)31-21-16-22(24(40-7)17-23(21)35(5)14-15-39-6)32-28-30-11-10-25(33-28)37-19-20(18-36-12-9-13-36)27(34-37)29(2,3)4/h8,10-11,16-17,19H,1,9,12-15,18H2,2-7H3,(H,31,38)(H,30,32,33). The van der Waals surface area contributed by atoms with Gasteiger partial charge in [-0.25, -0.2) is 9.67 Å². The number of anilines is 4. The van der Waals surface area contributed by atoms with E-state index in [0.29, 0.717) is 42.0 Å². The molecule has 1 fully saturated rings. The van der Waals surface area contributed by atoms with Gasteiger partial charge in [0, 0.05) is 62.8 Å². The monoisotopic (exact) mass is 548 g/mol. The van der Waals surface area contributed by atoms with Crippen molar-refractivity contribution in [3.8, 4) is 11.6 Å². The van der Waals surface area contributed by atoms with Crippen molar-refractivity contribution in [2.45, 2.75) is 39.2 Å². The number of aromatic nitrogens is 4. The van der Waals surface area contributed by atoms with E-state index in [9.17, 15) is 4.79 Å². The summed E-state index contributed by atoms with van der Waals surface area (Å²) in [4.78, 5) is 25.8. The van der Waals surface area contributed by atoms with E-state index in [1.807, 2.05) is 28.8 Å². The maximum atomic E-state index is 12.2. The molecule has 1 aliphatic heterocycles. The lowest BCUT2D eigenvalue weighted by atomic mass is 9.89. The number of likely N-dealkylation sites (N-methyl/N-ethyl adjacent to an activating group) is 1. The second-order valence-electron chi connectivity index (χ2n) is 10.9. The van der Waals surface area contributed by atoms with Gasteiger partial charge < -0.3 is 25.0 Å². The number of benzene rings is 1. The number of ether oxygens (including phenoxy) is 2. The third-order valence-electron chi connectivity index (χ3n) is 6.77. The fourth-order valence-electron chi connectivity index (χ4n) is 4.50. The van der Waals surface area contributed by atoms with Gasteiger partial charge in [-0.05, 0) is 31.7 Å². The number of nitrogens with one attached hydrogen (secondary N) is 2. The second-order valence-corrected chi connectivity index (χ2v) is 10.9. The van der Waals surface area contributed by atoms with E-state index >= 15 is 0 Å². The lowest BCUT2D eigenvalue weighted by Gasteiger charge is -2.31. The molecular weight excluding hydrogens is 508 g/mol. The van der Waals surface area contributed by atoms with Crippen LogP contribution in [-0.4, -0.2) is 78.1 Å². The highest BCUT2D eigenvalue weighted by Gasteiger charge is 2.26. The van der Waals surface area contributed by atoms with Gasteiger partial charge in [0.1, 0.15) is 5.75 Å². The molecule has 0 atom stereocenters. The Kier molecular flexibility index (Phi) is 9.06. The van der Waals surface area contributed by atoms with Gasteiger partial charge in [0.2, 0.25) is 11.9 Å². The van der Waals surface area contributed by atoms with Crippen LogP contribution in [0.1, 0.15) is 38.4 Å². The zero-order valence-electron chi connectivity index (χ0n) is 24.3. The van der Waals surface area contributed by atoms with Crippen LogP contribution in [-0.2, 0) is 21.5 Å². The van der Waals surface area contributed by atoms with Gasteiger partial charge >= 0.3 is 0 Å². The Bertz CT molecular complexity index is 1340. The smallest absolute Gasteiger partial charge is 0.247 e. The maximum Gasteiger partial charge on any atom is 0.247 e. The lowest BCUT2D eigenvalue weighted by Crippen LogP contribution is -2.36. The van der Waals surface area contributed by atoms with Crippen LogP contribution in [0.4, 0.5) is 23.0 Å². The summed E-state index contributed by atoms with van der Waals surface area (Å²) in [5.74, 6) is 1.26. The largest absolute Gasteiger partial charge is 0.494 e. The van der Waals surface area contributed by atoms with Crippen molar-refractivity contribution >= 4 is 28.9 Å². The Hall–Kier alpha value is -3.96. The molecule has 1 saturated heterocycles. The summed E-state index contributed by atoms with van der Waals surface area (Å²) in [5, 5.41) is 11.1. The number of hydrogen-bond donors (Lipinski definition) is 2. The predicted molar refractivity (Wildman–Crippen MR) is 158 cm³/mol. The van der Waals surface area contributed by atoms with Crippen LogP contribution >= 0.6 is 0 Å². The van der Waals surface area contributed by atoms with Gasteiger partial charge in [-0.3, -0.25) is 9.69 Å². The van der Waals surface area contributed by atoms with E-state index in [4.69, 9.17) is 19.6 Å². The van der Waals surface area contributed by atoms with Crippen molar-refractivity contribution in [1.29, 1.82) is 0 Å². The van der Waals surface area contributed by atoms with Gasteiger partial charge in [-0.15, -0.1) is 0 Å². The second kappa shape index (κ2) is 12.5. The summed E-state index contributed by atoms with van der Waals surface area (Å²) in [7, 11) is 5.16. The van der Waals surface area contributed by atoms with Gasteiger partial charge in [-0.1, -0.05) is 27.4 Å². The Labute approximate surface area is 236 Å². The SMILES string of the molecule is C=CC(=O)Nc1cc(Nc2nccc(-n3cc(CN4CCC4)c(C(C)(C)C)n3)n2)c(OC)cc1N(C)CCOC. The molecular formula is C29H40N8O3. The number of carbonyl (C=O) groups is 1. The zero-order chi connectivity index (χ0) is 28.9. The van der Waals surface area contributed by atoms with Crippen LogP contribution in [0.25, 0.3) is 5.82 Å². The predicted octanol–water partition coefficient (Wildman–Crippen LogP) is 4.12. The summed E-state index contributed by atoms with van der Waals surface area (Å²) in [6.45, 7) is 14.4. The van der Waals surface area contributed by atoms with Crippen molar-refractivity contribution in [2.24, 2.45) is 0 Å². The van der Waals surface area contributed by atoms with Crippen LogP contribution in [0.3, 0.4) is 0 Å². The molecule has 0 aliphatic carbocycles. The minimum absolute atomic E-state index is 0.0998. The first-order valence-electron chi connectivity index (χ1n) is 13.4. The van der Waals surface area contributed by atoms with Crippen LogP contribution in [0.2, 0.25) is 0 Å². The third kappa shape index (κ3) is 6.78. The van der Waals surface area contributed by atoms with E-state index in [0.717, 1.165) is 31.0 Å². The molecule has 0 spiro atoms. The average molecular weight is 549 g/mol. The summed E-state index contributed by atoms with van der Waals surface area (Å²) in [5.41, 5.74) is 4.11. The summed E-state index contributed by atoms with van der Waals surface area (Å²) < 4.78 is 12.7. The number of amides is 1. The molecule has 40 heavy (non-hydrogen) atoms. The lowest BCUT2D eigenvalue weighted by molar-refractivity contribution is -0.111. The fourth-order valence-corrected chi connectivity index (χ4v) is 4.50. The van der Waals surface area contributed by atoms with E-state index in [1.54, 1.807) is 26.5 Å². The van der Waals surface area contributed by atoms with Crippen molar-refractivity contribution in [1.82, 2.24) is 24.6 Å². The van der Waals surface area contributed by atoms with E-state index < -0.39 is 0 Å². The molecule has 214 valence electrons. The normalized spacial score (nSPS) is 13.4. The minimum Gasteiger partial charge on any atom is -0.494 e. The summed E-state index contributed by atoms with van der Waals surface area (Å²) >= 11 is 0. The quantitative estimate of drug-likeness (QED) is 0.323. The molecule has 0 bridgehead atoms. The average Bonchev–Trinajstić information content (AvgIpc) is 3.34. The highest BCUT2D eigenvalue weighted by atomic mass is 16.5. The molecule has 0 saturated carbocycles. The molecule has 4 rings (SSSR count). The first kappa shape index (κ1) is 29.0. The zero-order valence-corrected chi connectivity index (χ0v) is 24.3. The first-order chi connectivity index (χ1) is 19.1. The fraction of sp³-hybridized carbons (Fsp3) is 0.448. The van der Waals surface area contributed by atoms with Crippen LogP contribution in [0, 0.1) is 0 Å². The number of carbonyl (C=O) groups excluding carboxylic acids is 1. The van der Waals surface area contributed by atoms with E-state index in [-0.39, 0.29) is 11.3 Å². The van der Waals surface area contributed by atoms with Gasteiger partial charge in [0.05, 0.1) is 36.5 Å². The van der Waals surface area contributed by atoms with Crippen molar-refractivity contribution < 1.29 is 14.3 Å². The molecule has 1 amide bonds. The Morgan fingerprint density at radius 2 is 2.00 bits per heavy atom. The van der Waals surface area contributed by atoms with Crippen molar-refractivity contribution in [3.63, 3.8) is 0 Å². The highest BCUT2D eigenvalue weighted by Crippen LogP contribution is 2.38. The maximum absolute atomic E-state index is 12.2. The van der Waals surface area contributed by atoms with Crippen LogP contribution in [0.5, 0.6) is 5.75 Å². The molecule has 0 radical (unpaired) electrons. The molecule has 3 heterocycles. The van der Waals surface area contributed by atoms with E-state index in [1.165, 1.54) is 18.1 Å².